The van der Waals surface area contributed by atoms with Gasteiger partial charge in [0.1, 0.15) is 0 Å². The van der Waals surface area contributed by atoms with E-state index >= 15 is 0 Å². The first-order chi connectivity index (χ1) is 44.5. The third kappa shape index (κ3) is 6.52. The van der Waals surface area contributed by atoms with Crippen LogP contribution in [0.3, 0.4) is 0 Å². The molecule has 2 aliphatic heterocycles. The first kappa shape index (κ1) is 38.8. The number of fused-ring (bicyclic) bond motifs is 17. The van der Waals surface area contributed by atoms with Gasteiger partial charge in [0.2, 0.25) is 0 Å². The first-order valence-electron chi connectivity index (χ1n) is 32.3. The van der Waals surface area contributed by atoms with Gasteiger partial charge in [0.05, 0.1) is 33.1 Å². The molecule has 0 amide bonds. The van der Waals surface area contributed by atoms with Gasteiger partial charge < -0.3 is 14.4 Å². The third-order valence-corrected chi connectivity index (χ3v) is 18.0. The Balaban J connectivity index is 0.988. The van der Waals surface area contributed by atoms with Crippen LogP contribution in [0.15, 0.2) is 303 Å². The maximum absolute atomic E-state index is 9.78. The van der Waals surface area contributed by atoms with Crippen LogP contribution in [0.25, 0.3) is 83.1 Å². The molecule has 4 aliphatic rings. The molecule has 13 aromatic carbocycles. The average Bonchev–Trinajstić information content (AvgIpc) is 1.62. The lowest BCUT2D eigenvalue weighted by molar-refractivity contribution is 0.794. The first-order valence-corrected chi connectivity index (χ1v) is 28.3. The van der Waals surface area contributed by atoms with Gasteiger partial charge in [-0.05, 0) is 155 Å². The van der Waals surface area contributed by atoms with Gasteiger partial charge in [-0.2, -0.15) is 0 Å². The van der Waals surface area contributed by atoms with E-state index in [2.05, 4.69) is 234 Å². The van der Waals surface area contributed by atoms with Gasteiger partial charge >= 0.3 is 0 Å². The largest absolute Gasteiger partial charge is 0.311 e. The fraction of sp³-hybridized carbons (Fsp3) is 0.0127. The van der Waals surface area contributed by atoms with Crippen LogP contribution in [-0.2, 0) is 5.41 Å². The molecule has 14 aromatic rings. The summed E-state index contributed by atoms with van der Waals surface area (Å²) < 4.78 is 76.7. The summed E-state index contributed by atoms with van der Waals surface area (Å²) in [7, 11) is 0. The van der Waals surface area contributed by atoms with Crippen molar-refractivity contribution in [3.05, 3.63) is 325 Å². The van der Waals surface area contributed by atoms with Crippen LogP contribution in [0.4, 0.5) is 34.1 Å². The minimum absolute atomic E-state index is 0.0151. The van der Waals surface area contributed by atoms with Crippen LogP contribution in [0, 0.1) is 0 Å². The Bertz CT molecular complexity index is 5360. The average molecular weight is 1060 g/mol. The fourth-order valence-electron chi connectivity index (χ4n) is 14.6. The Kier molecular flexibility index (Phi) is 8.27. The summed E-state index contributed by atoms with van der Waals surface area (Å²) in [4.78, 5) is 4.66. The summed E-state index contributed by atoms with van der Waals surface area (Å²) in [5.41, 5.74) is 24.2. The van der Waals surface area contributed by atoms with E-state index in [4.69, 9.17) is 2.74 Å². The molecule has 2 aliphatic carbocycles. The van der Waals surface area contributed by atoms with Crippen molar-refractivity contribution in [2.45, 2.75) is 5.41 Å². The van der Waals surface area contributed by atoms with E-state index in [0.717, 1.165) is 95.0 Å². The second-order valence-electron chi connectivity index (χ2n) is 22.1. The highest BCUT2D eigenvalue weighted by molar-refractivity contribution is 7.00. The predicted molar refractivity (Wildman–Crippen MR) is 347 cm³/mol. The summed E-state index contributed by atoms with van der Waals surface area (Å²) in [6, 6.07) is 87.5. The quantitative estimate of drug-likeness (QED) is 0.154. The van der Waals surface area contributed by atoms with E-state index in [1.165, 1.54) is 33.4 Å². The van der Waals surface area contributed by atoms with Gasteiger partial charge in [0.15, 0.2) is 0 Å². The Morgan fingerprint density at radius 3 is 1.22 bits per heavy atom. The lowest BCUT2D eigenvalue weighted by Gasteiger charge is -2.45. The van der Waals surface area contributed by atoms with Crippen molar-refractivity contribution in [2.24, 2.45) is 0 Å². The molecule has 0 atom stereocenters. The summed E-state index contributed by atoms with van der Waals surface area (Å²) in [6.45, 7) is -0.398. The summed E-state index contributed by atoms with van der Waals surface area (Å²) >= 11 is 0. The van der Waals surface area contributed by atoms with Crippen LogP contribution < -0.4 is 26.2 Å². The molecule has 3 nitrogen and oxygen atoms in total. The number of anilines is 6. The summed E-state index contributed by atoms with van der Waals surface area (Å²) in [6.07, 6.45) is 0. The molecule has 384 valence electrons. The van der Waals surface area contributed by atoms with E-state index in [0.29, 0.717) is 5.69 Å². The summed E-state index contributed by atoms with van der Waals surface area (Å²) in [5, 5.41) is 0.0302. The smallest absolute Gasteiger partial charge is 0.252 e. The number of benzene rings is 13. The van der Waals surface area contributed by atoms with Crippen LogP contribution in [-0.4, -0.2) is 11.3 Å². The molecule has 1 aromatic heterocycles. The van der Waals surface area contributed by atoms with Crippen LogP contribution in [0.5, 0.6) is 0 Å². The minimum Gasteiger partial charge on any atom is -0.311 e. The third-order valence-electron chi connectivity index (χ3n) is 18.0. The van der Waals surface area contributed by atoms with Gasteiger partial charge in [-0.25, -0.2) is 0 Å². The lowest BCUT2D eigenvalue weighted by atomic mass is 9.33. The Labute approximate surface area is 494 Å². The second kappa shape index (κ2) is 17.7. The fourth-order valence-corrected chi connectivity index (χ4v) is 14.6. The van der Waals surface area contributed by atoms with Crippen molar-refractivity contribution < 1.29 is 11.0 Å². The zero-order valence-electron chi connectivity index (χ0n) is 52.7. The predicted octanol–water partition coefficient (Wildman–Crippen LogP) is 18.2. The van der Waals surface area contributed by atoms with E-state index < -0.39 is 36.3 Å². The van der Waals surface area contributed by atoms with Crippen LogP contribution in [0.1, 0.15) is 33.2 Å². The maximum atomic E-state index is 9.78. The molecular weight excluding hydrogens is 1000 g/mol. The van der Waals surface area contributed by atoms with Gasteiger partial charge in [0.25, 0.3) is 6.71 Å². The molecule has 1 spiro atoms. The highest BCUT2D eigenvalue weighted by Crippen LogP contribution is 2.63. The molecule has 0 unspecified atom stereocenters. The van der Waals surface area contributed by atoms with Crippen LogP contribution >= 0.6 is 0 Å². The molecule has 3 heterocycles. The number of hydrogen-bond donors (Lipinski definition) is 0. The number of aromatic nitrogens is 1. The highest BCUT2D eigenvalue weighted by Gasteiger charge is 2.52. The van der Waals surface area contributed by atoms with Crippen molar-refractivity contribution in [3.63, 3.8) is 0 Å². The topological polar surface area (TPSA) is 11.4 Å². The molecule has 0 N–H and O–H groups in total. The maximum Gasteiger partial charge on any atom is 0.252 e. The van der Waals surface area contributed by atoms with Gasteiger partial charge in [-0.1, -0.05) is 243 Å². The molecule has 0 saturated heterocycles. The van der Waals surface area contributed by atoms with E-state index in [1.807, 2.05) is 30.3 Å². The monoisotopic (exact) mass is 1060 g/mol. The zero-order chi connectivity index (χ0) is 61.3. The van der Waals surface area contributed by atoms with Crippen molar-refractivity contribution in [1.29, 1.82) is 0 Å². The molecule has 0 radical (unpaired) electrons. The van der Waals surface area contributed by atoms with Crippen molar-refractivity contribution in [3.8, 4) is 61.3 Å². The normalized spacial score (nSPS) is 14.9. The molecule has 18 rings (SSSR count). The second-order valence-corrected chi connectivity index (χ2v) is 22.1. The molecule has 0 fully saturated rings. The molecule has 4 heteroatoms. The van der Waals surface area contributed by atoms with Gasteiger partial charge in [-0.15, -0.1) is 0 Å². The number of rotatable bonds is 6. The lowest BCUT2D eigenvalue weighted by Crippen LogP contribution is -2.61. The minimum atomic E-state index is -0.597. The molecular formula is C79H50BN3. The number of para-hydroxylation sites is 2. The Hall–Kier alpha value is -10.7. The van der Waals surface area contributed by atoms with Gasteiger partial charge in [0, 0.05) is 44.9 Å². The van der Waals surface area contributed by atoms with E-state index in [1.54, 1.807) is 4.57 Å². The van der Waals surface area contributed by atoms with Crippen molar-refractivity contribution in [2.75, 3.05) is 9.80 Å². The molecule has 0 saturated carbocycles. The number of nitrogens with zero attached hydrogens (tertiary/aromatic N) is 3. The highest BCUT2D eigenvalue weighted by atomic mass is 15.2. The Morgan fingerprint density at radius 1 is 0.301 bits per heavy atom. The zero-order valence-corrected chi connectivity index (χ0v) is 44.7. The van der Waals surface area contributed by atoms with Crippen LogP contribution in [0.2, 0.25) is 0 Å². The van der Waals surface area contributed by atoms with E-state index in [-0.39, 0.29) is 46.0 Å². The van der Waals surface area contributed by atoms with Gasteiger partial charge in [-0.3, -0.25) is 0 Å². The van der Waals surface area contributed by atoms with Crippen molar-refractivity contribution in [1.82, 2.24) is 4.57 Å². The number of hydrogen-bond acceptors (Lipinski definition) is 2. The van der Waals surface area contributed by atoms with E-state index in [9.17, 15) is 8.22 Å². The standard InChI is InChI=1S/C79H50BN3/c1-4-20-51(21-5-1)54-36-40-57(41-37-54)81-74-44-38-55(52-22-6-2-7-23-52)46-70(74)80-71-47-56(53-24-8-3-9-25-53)39-45-75(71)82(77-50-59(49-76(81)78(77)80)83-72-34-18-13-29-63(72)64-30-14-19-35-73(64)83)58-42-43-69-65(48-58)62-28-12-17-33-68(62)79(69)66-31-15-10-26-60(66)61-27-11-16-32-67(61)79/h1-50H/i13D,14D,18D,19D,29D,30D,34D,35D. The molecule has 0 bridgehead atoms. The summed E-state index contributed by atoms with van der Waals surface area (Å²) in [5.74, 6) is 0. The molecule has 83 heavy (non-hydrogen) atoms. The van der Waals surface area contributed by atoms with Crippen molar-refractivity contribution >= 4 is 79.0 Å². The Morgan fingerprint density at radius 2 is 0.699 bits per heavy atom. The SMILES string of the molecule is [2H]c1c([2H])c([2H])c2c(c1[2H])c1c([2H])c([2H])c([2H])c([2H])c1n2-c1cc2c3c(c1)N(c1ccc4c(c1)-c1ccccc1C41c4ccccc4-c4ccccc41)c1ccc(-c4ccccc4)cc1B3c1cc(-c3ccccc3)ccc1N2c1ccc(-c2ccccc2)cc1.